The summed E-state index contributed by atoms with van der Waals surface area (Å²) in [6.45, 7) is 6.17. The van der Waals surface area contributed by atoms with Crippen LogP contribution in [0.1, 0.15) is 57.6 Å². The van der Waals surface area contributed by atoms with Gasteiger partial charge in [-0.15, -0.1) is 10.2 Å². The van der Waals surface area contributed by atoms with E-state index in [0.717, 1.165) is 55.5 Å². The highest BCUT2D eigenvalue weighted by molar-refractivity contribution is 7.98. The van der Waals surface area contributed by atoms with Gasteiger partial charge in [-0.05, 0) is 26.2 Å². The van der Waals surface area contributed by atoms with Crippen molar-refractivity contribution in [2.24, 2.45) is 0 Å². The van der Waals surface area contributed by atoms with E-state index in [1.807, 2.05) is 11.5 Å². The molecule has 29 heavy (non-hydrogen) atoms. The van der Waals surface area contributed by atoms with Crippen molar-refractivity contribution in [3.63, 3.8) is 0 Å². The highest BCUT2D eigenvalue weighted by Crippen LogP contribution is 2.25. The van der Waals surface area contributed by atoms with Crippen LogP contribution in [0.3, 0.4) is 0 Å². The smallest absolute Gasteiger partial charge is 0.322 e. The number of thioether (sulfide) groups is 1. The standard InChI is InChI=1S/C19H27N7O2S/c1-3-5-10-26-16-15(17(27)21-18(26)28)24(4-2)14(20-16)12-29-19-23-22-13-9-7-6-8-11-25(13)19/h3-12H2,1-2H3,(H,21,27,28). The highest BCUT2D eigenvalue weighted by atomic mass is 32.2. The molecule has 10 heteroatoms. The lowest BCUT2D eigenvalue weighted by molar-refractivity contribution is 0.590. The molecule has 0 unspecified atom stereocenters. The van der Waals surface area contributed by atoms with Gasteiger partial charge in [0.2, 0.25) is 0 Å². The second-order valence-corrected chi connectivity index (χ2v) is 8.30. The Labute approximate surface area is 172 Å². The number of fused-ring (bicyclic) bond motifs is 2. The first kappa shape index (κ1) is 19.9. The predicted octanol–water partition coefficient (Wildman–Crippen LogP) is 2.32. The summed E-state index contributed by atoms with van der Waals surface area (Å²) in [5.41, 5.74) is 0.182. The Hall–Kier alpha value is -2.36. The van der Waals surface area contributed by atoms with Crippen molar-refractivity contribution >= 4 is 22.9 Å². The molecule has 3 aromatic rings. The Morgan fingerprint density at radius 1 is 1.10 bits per heavy atom. The molecular weight excluding hydrogens is 390 g/mol. The highest BCUT2D eigenvalue weighted by Gasteiger charge is 2.20. The zero-order chi connectivity index (χ0) is 20.4. The lowest BCUT2D eigenvalue weighted by Gasteiger charge is -2.07. The molecule has 1 aliphatic rings. The van der Waals surface area contributed by atoms with Gasteiger partial charge in [-0.3, -0.25) is 14.3 Å². The van der Waals surface area contributed by atoms with Crippen molar-refractivity contribution in [3.05, 3.63) is 32.5 Å². The van der Waals surface area contributed by atoms with E-state index < -0.39 is 5.69 Å². The average Bonchev–Trinajstić information content (AvgIpc) is 3.18. The Bertz CT molecular complexity index is 1120. The normalized spacial score (nSPS) is 14.3. The number of nitrogens with one attached hydrogen (secondary N) is 1. The molecule has 0 saturated carbocycles. The summed E-state index contributed by atoms with van der Waals surface area (Å²) in [6.07, 6.45) is 6.31. The van der Waals surface area contributed by atoms with Crippen LogP contribution in [0.2, 0.25) is 0 Å². The Balaban J connectivity index is 1.69. The minimum Gasteiger partial charge on any atom is -0.322 e. The van der Waals surface area contributed by atoms with Crippen LogP contribution in [0.25, 0.3) is 11.2 Å². The summed E-state index contributed by atoms with van der Waals surface area (Å²) in [5.74, 6) is 2.40. The van der Waals surface area contributed by atoms with E-state index in [-0.39, 0.29) is 5.56 Å². The number of hydrogen-bond acceptors (Lipinski definition) is 6. The van der Waals surface area contributed by atoms with Crippen LogP contribution in [-0.4, -0.2) is 33.9 Å². The molecule has 0 radical (unpaired) electrons. The topological polar surface area (TPSA) is 103 Å². The average molecular weight is 418 g/mol. The van der Waals surface area contributed by atoms with Crippen LogP contribution >= 0.6 is 11.8 Å². The zero-order valence-electron chi connectivity index (χ0n) is 17.0. The fourth-order valence-corrected chi connectivity index (χ4v) is 4.82. The molecule has 0 aliphatic carbocycles. The molecule has 0 fully saturated rings. The number of rotatable bonds is 7. The van der Waals surface area contributed by atoms with Gasteiger partial charge in [0.05, 0.1) is 5.75 Å². The second kappa shape index (κ2) is 8.56. The van der Waals surface area contributed by atoms with E-state index in [1.54, 1.807) is 16.3 Å². The van der Waals surface area contributed by atoms with Gasteiger partial charge in [0.15, 0.2) is 16.3 Å². The van der Waals surface area contributed by atoms with Crippen LogP contribution in [0.4, 0.5) is 0 Å². The van der Waals surface area contributed by atoms with E-state index in [0.29, 0.717) is 30.0 Å². The van der Waals surface area contributed by atoms with Crippen molar-refractivity contribution in [2.75, 3.05) is 0 Å². The Morgan fingerprint density at radius 2 is 1.97 bits per heavy atom. The van der Waals surface area contributed by atoms with E-state index >= 15 is 0 Å². The number of aryl methyl sites for hydroxylation is 3. The third-order valence-corrected chi connectivity index (χ3v) is 6.38. The molecule has 0 spiro atoms. The van der Waals surface area contributed by atoms with Gasteiger partial charge in [0.25, 0.3) is 5.56 Å². The van der Waals surface area contributed by atoms with Gasteiger partial charge >= 0.3 is 5.69 Å². The van der Waals surface area contributed by atoms with E-state index in [4.69, 9.17) is 4.98 Å². The van der Waals surface area contributed by atoms with Gasteiger partial charge in [0, 0.05) is 26.1 Å². The summed E-state index contributed by atoms with van der Waals surface area (Å²) in [4.78, 5) is 32.0. The van der Waals surface area contributed by atoms with Gasteiger partial charge < -0.3 is 9.13 Å². The molecule has 1 aliphatic heterocycles. The second-order valence-electron chi connectivity index (χ2n) is 7.36. The lowest BCUT2D eigenvalue weighted by atomic mass is 10.2. The number of hydrogen-bond donors (Lipinski definition) is 1. The minimum atomic E-state index is -0.390. The molecular formula is C19H27N7O2S. The number of aromatic amines is 1. The van der Waals surface area contributed by atoms with Gasteiger partial charge in [-0.1, -0.05) is 31.5 Å². The summed E-state index contributed by atoms with van der Waals surface area (Å²) in [6, 6.07) is 0. The SMILES string of the molecule is CCCCn1c(=O)[nH]c(=O)c2c1nc(CSc1nnc3n1CCCCC3)n2CC. The summed E-state index contributed by atoms with van der Waals surface area (Å²) < 4.78 is 5.70. The molecule has 0 atom stereocenters. The number of H-pyrrole nitrogens is 1. The van der Waals surface area contributed by atoms with Crippen LogP contribution in [0.5, 0.6) is 0 Å². The number of imidazole rings is 1. The fraction of sp³-hybridized carbons (Fsp3) is 0.632. The minimum absolute atomic E-state index is 0.375. The molecule has 0 bridgehead atoms. The van der Waals surface area contributed by atoms with E-state index in [1.165, 1.54) is 6.42 Å². The maximum atomic E-state index is 12.5. The first-order valence-corrected chi connectivity index (χ1v) is 11.4. The summed E-state index contributed by atoms with van der Waals surface area (Å²) in [5, 5.41) is 9.62. The maximum Gasteiger partial charge on any atom is 0.330 e. The van der Waals surface area contributed by atoms with Crippen molar-refractivity contribution in [1.29, 1.82) is 0 Å². The molecule has 4 heterocycles. The lowest BCUT2D eigenvalue weighted by Crippen LogP contribution is -2.31. The number of aromatic nitrogens is 7. The quantitative estimate of drug-likeness (QED) is 0.592. The first-order chi connectivity index (χ1) is 14.1. The molecule has 0 aromatic carbocycles. The van der Waals surface area contributed by atoms with Crippen molar-refractivity contribution < 1.29 is 0 Å². The largest absolute Gasteiger partial charge is 0.330 e. The molecule has 0 saturated heterocycles. The van der Waals surface area contributed by atoms with Crippen LogP contribution in [-0.2, 0) is 31.8 Å². The third-order valence-electron chi connectivity index (χ3n) is 5.42. The van der Waals surface area contributed by atoms with Gasteiger partial charge in [-0.2, -0.15) is 0 Å². The van der Waals surface area contributed by atoms with Crippen molar-refractivity contribution in [2.45, 2.75) is 82.9 Å². The zero-order valence-corrected chi connectivity index (χ0v) is 17.8. The number of unbranched alkanes of at least 4 members (excludes halogenated alkanes) is 1. The van der Waals surface area contributed by atoms with Crippen LogP contribution < -0.4 is 11.2 Å². The molecule has 3 aromatic heterocycles. The molecule has 156 valence electrons. The van der Waals surface area contributed by atoms with E-state index in [9.17, 15) is 9.59 Å². The summed E-state index contributed by atoms with van der Waals surface area (Å²) >= 11 is 1.59. The fourth-order valence-electron chi connectivity index (χ4n) is 3.89. The number of nitrogens with zero attached hydrogens (tertiary/aromatic N) is 6. The molecule has 1 N–H and O–H groups in total. The third kappa shape index (κ3) is 3.77. The molecule has 9 nitrogen and oxygen atoms in total. The van der Waals surface area contributed by atoms with Crippen LogP contribution in [0, 0.1) is 0 Å². The molecule has 4 rings (SSSR count). The summed E-state index contributed by atoms with van der Waals surface area (Å²) in [7, 11) is 0. The van der Waals surface area contributed by atoms with Gasteiger partial charge in [0.1, 0.15) is 11.6 Å². The maximum absolute atomic E-state index is 12.5. The Kier molecular flexibility index (Phi) is 5.89. The van der Waals surface area contributed by atoms with Crippen molar-refractivity contribution in [1.82, 2.24) is 33.9 Å². The van der Waals surface area contributed by atoms with E-state index in [2.05, 4.69) is 26.7 Å². The monoisotopic (exact) mass is 417 g/mol. The van der Waals surface area contributed by atoms with Gasteiger partial charge in [-0.25, -0.2) is 9.78 Å². The van der Waals surface area contributed by atoms with Crippen LogP contribution in [0.15, 0.2) is 14.7 Å². The first-order valence-electron chi connectivity index (χ1n) is 10.4. The van der Waals surface area contributed by atoms with Crippen molar-refractivity contribution in [3.8, 4) is 0 Å². The predicted molar refractivity (Wildman–Crippen MR) is 112 cm³/mol. The molecule has 0 amide bonds. The Morgan fingerprint density at radius 3 is 2.76 bits per heavy atom.